The van der Waals surface area contributed by atoms with E-state index in [2.05, 4.69) is 26.3 Å². The van der Waals surface area contributed by atoms with Gasteiger partial charge in [0.2, 0.25) is 11.1 Å². The van der Waals surface area contributed by atoms with E-state index in [9.17, 15) is 14.4 Å². The predicted octanol–water partition coefficient (Wildman–Crippen LogP) is -0.191. The third-order valence-corrected chi connectivity index (χ3v) is 5.02. The second-order valence-corrected chi connectivity index (χ2v) is 6.78. The lowest BCUT2D eigenvalue weighted by Crippen LogP contribution is -2.48. The molecule has 11 nitrogen and oxygen atoms in total. The Hall–Kier alpha value is -3.15. The second-order valence-electron chi connectivity index (χ2n) is 5.83. The zero-order chi connectivity index (χ0) is 19.6. The molecule has 2 heterocycles. The maximum atomic E-state index is 12.8. The number of rotatable bonds is 6. The summed E-state index contributed by atoms with van der Waals surface area (Å²) in [4.78, 5) is 37.1. The normalized spacial score (nSPS) is 19.1. The van der Waals surface area contributed by atoms with Crippen LogP contribution in [-0.4, -0.2) is 55.9 Å². The summed E-state index contributed by atoms with van der Waals surface area (Å²) >= 11 is 1.08. The fourth-order valence-electron chi connectivity index (χ4n) is 2.49. The molecule has 0 bridgehead atoms. The Bertz CT molecular complexity index is 885. The van der Waals surface area contributed by atoms with E-state index in [4.69, 9.17) is 4.74 Å². The summed E-state index contributed by atoms with van der Waals surface area (Å²) < 4.78 is 6.50. The molecule has 1 fully saturated rings. The van der Waals surface area contributed by atoms with Crippen LogP contribution in [-0.2, 0) is 22.2 Å². The minimum Gasteiger partial charge on any atom is -0.497 e. The maximum absolute atomic E-state index is 12.8. The zero-order valence-electron chi connectivity index (χ0n) is 14.8. The number of aromatic nitrogens is 4. The highest BCUT2D eigenvalue weighted by Crippen LogP contribution is 2.29. The highest BCUT2D eigenvalue weighted by Gasteiger charge is 2.50. The van der Waals surface area contributed by atoms with Crippen molar-refractivity contribution in [1.82, 2.24) is 36.0 Å². The summed E-state index contributed by atoms with van der Waals surface area (Å²) in [6, 6.07) is 6.02. The number of hydrazine groups is 1. The van der Waals surface area contributed by atoms with Crippen molar-refractivity contribution < 1.29 is 19.1 Å². The standard InChI is InChI=1S/C15H17N7O4S/c1-15(9-4-6-10(26-3)7-5-9)12(24)22(13(25)16-15)18-11(23)8-27-14-17-19-20-21(14)2/h4-7H,8H2,1-3H3,(H,16,25)(H,18,23). The van der Waals surface area contributed by atoms with Gasteiger partial charge in [-0.25, -0.2) is 9.48 Å². The molecule has 2 N–H and O–H groups in total. The van der Waals surface area contributed by atoms with Gasteiger partial charge in [0.1, 0.15) is 11.3 Å². The molecule has 27 heavy (non-hydrogen) atoms. The Morgan fingerprint density at radius 1 is 1.33 bits per heavy atom. The van der Waals surface area contributed by atoms with E-state index >= 15 is 0 Å². The first-order valence-electron chi connectivity index (χ1n) is 7.81. The fraction of sp³-hybridized carbons (Fsp3) is 0.333. The molecule has 0 radical (unpaired) electrons. The Labute approximate surface area is 158 Å². The number of aryl methyl sites for hydroxylation is 1. The molecule has 0 spiro atoms. The smallest absolute Gasteiger partial charge is 0.344 e. The summed E-state index contributed by atoms with van der Waals surface area (Å²) in [5.74, 6) is -0.564. The lowest BCUT2D eigenvalue weighted by Gasteiger charge is -2.22. The lowest BCUT2D eigenvalue weighted by molar-refractivity contribution is -0.138. The average Bonchev–Trinajstić information content (AvgIpc) is 3.16. The summed E-state index contributed by atoms with van der Waals surface area (Å²) in [7, 11) is 3.17. The van der Waals surface area contributed by atoms with Gasteiger partial charge in [0.05, 0.1) is 12.9 Å². The topological polar surface area (TPSA) is 131 Å². The molecule has 4 amide bonds. The Morgan fingerprint density at radius 2 is 2.04 bits per heavy atom. The molecule has 1 saturated heterocycles. The number of benzene rings is 1. The monoisotopic (exact) mass is 391 g/mol. The highest BCUT2D eigenvalue weighted by atomic mass is 32.2. The number of methoxy groups -OCH3 is 1. The molecule has 1 aliphatic heterocycles. The first kappa shape index (κ1) is 18.6. The third kappa shape index (κ3) is 3.56. The fourth-order valence-corrected chi connectivity index (χ4v) is 3.13. The van der Waals surface area contributed by atoms with Crippen molar-refractivity contribution in [2.75, 3.05) is 12.9 Å². The molecule has 12 heteroatoms. The number of hydrogen-bond donors (Lipinski definition) is 2. The van der Waals surface area contributed by atoms with E-state index in [-0.39, 0.29) is 5.75 Å². The van der Waals surface area contributed by atoms with Crippen LogP contribution in [0.15, 0.2) is 29.4 Å². The van der Waals surface area contributed by atoms with E-state index in [1.54, 1.807) is 38.2 Å². The van der Waals surface area contributed by atoms with Gasteiger partial charge >= 0.3 is 6.03 Å². The molecule has 1 aromatic heterocycles. The van der Waals surface area contributed by atoms with Gasteiger partial charge in [0, 0.05) is 7.05 Å². The summed E-state index contributed by atoms with van der Waals surface area (Å²) in [5.41, 5.74) is 1.59. The molecule has 1 aliphatic rings. The minimum atomic E-state index is -1.29. The van der Waals surface area contributed by atoms with Crippen LogP contribution in [0.1, 0.15) is 12.5 Å². The molecule has 1 atom stereocenters. The average molecular weight is 391 g/mol. The van der Waals surface area contributed by atoms with Gasteiger partial charge in [-0.05, 0) is 35.0 Å². The van der Waals surface area contributed by atoms with E-state index in [1.807, 2.05) is 0 Å². The quantitative estimate of drug-likeness (QED) is 0.512. The predicted molar refractivity (Wildman–Crippen MR) is 93.4 cm³/mol. The number of carbonyl (C=O) groups excluding carboxylic acids is 3. The SMILES string of the molecule is COc1ccc(C2(C)NC(=O)N(NC(=O)CSc3nnnn3C)C2=O)cc1. The van der Waals surface area contributed by atoms with Crippen LogP contribution in [0.25, 0.3) is 0 Å². The van der Waals surface area contributed by atoms with Gasteiger partial charge in [0.25, 0.3) is 5.91 Å². The molecule has 2 aromatic rings. The van der Waals surface area contributed by atoms with Gasteiger partial charge in [0.15, 0.2) is 0 Å². The van der Waals surface area contributed by atoms with Crippen LogP contribution in [0.5, 0.6) is 5.75 Å². The highest BCUT2D eigenvalue weighted by molar-refractivity contribution is 7.99. The summed E-state index contributed by atoms with van der Waals surface area (Å²) in [6.07, 6.45) is 0. The molecular formula is C15H17N7O4S. The van der Waals surface area contributed by atoms with Gasteiger partial charge in [-0.1, -0.05) is 23.9 Å². The van der Waals surface area contributed by atoms with E-state index in [0.717, 1.165) is 11.8 Å². The Balaban J connectivity index is 1.67. The van der Waals surface area contributed by atoms with Gasteiger partial charge in [-0.2, -0.15) is 5.01 Å². The van der Waals surface area contributed by atoms with Crippen molar-refractivity contribution in [3.05, 3.63) is 29.8 Å². The molecule has 0 aliphatic carbocycles. The first-order valence-corrected chi connectivity index (χ1v) is 8.79. The number of hydrogen-bond acceptors (Lipinski definition) is 8. The van der Waals surface area contributed by atoms with Gasteiger partial charge in [-0.3, -0.25) is 15.0 Å². The Morgan fingerprint density at radius 3 is 2.63 bits per heavy atom. The van der Waals surface area contributed by atoms with Crippen molar-refractivity contribution >= 4 is 29.6 Å². The third-order valence-electron chi connectivity index (χ3n) is 4.01. The van der Waals surface area contributed by atoms with E-state index in [0.29, 0.717) is 21.5 Å². The number of urea groups is 1. The van der Waals surface area contributed by atoms with E-state index in [1.165, 1.54) is 11.8 Å². The summed E-state index contributed by atoms with van der Waals surface area (Å²) in [6.45, 7) is 1.57. The molecule has 1 aromatic carbocycles. The van der Waals surface area contributed by atoms with Crippen molar-refractivity contribution in [2.45, 2.75) is 17.6 Å². The number of amides is 4. The second kappa shape index (κ2) is 7.23. The van der Waals surface area contributed by atoms with Crippen molar-refractivity contribution in [2.24, 2.45) is 7.05 Å². The number of imide groups is 1. The molecule has 0 saturated carbocycles. The molecule has 1 unspecified atom stereocenters. The number of tetrazole rings is 1. The van der Waals surface area contributed by atoms with Crippen LogP contribution >= 0.6 is 11.8 Å². The lowest BCUT2D eigenvalue weighted by atomic mass is 9.92. The number of nitrogens with one attached hydrogen (secondary N) is 2. The van der Waals surface area contributed by atoms with Crippen LogP contribution in [0.4, 0.5) is 4.79 Å². The van der Waals surface area contributed by atoms with Gasteiger partial charge in [-0.15, -0.1) is 5.10 Å². The van der Waals surface area contributed by atoms with Crippen molar-refractivity contribution in [1.29, 1.82) is 0 Å². The first-order chi connectivity index (χ1) is 12.8. The number of nitrogens with zero attached hydrogens (tertiary/aromatic N) is 5. The molecule has 142 valence electrons. The number of carbonyl (C=O) groups is 3. The molecule has 3 rings (SSSR count). The largest absolute Gasteiger partial charge is 0.497 e. The minimum absolute atomic E-state index is 0.0650. The van der Waals surface area contributed by atoms with Crippen LogP contribution in [0, 0.1) is 0 Å². The molecular weight excluding hydrogens is 374 g/mol. The van der Waals surface area contributed by atoms with Crippen LogP contribution in [0.3, 0.4) is 0 Å². The van der Waals surface area contributed by atoms with Crippen molar-refractivity contribution in [3.8, 4) is 5.75 Å². The number of ether oxygens (including phenoxy) is 1. The van der Waals surface area contributed by atoms with E-state index < -0.39 is 23.4 Å². The van der Waals surface area contributed by atoms with Crippen molar-refractivity contribution in [3.63, 3.8) is 0 Å². The zero-order valence-corrected chi connectivity index (χ0v) is 15.6. The summed E-state index contributed by atoms with van der Waals surface area (Å²) in [5, 5.41) is 14.6. The van der Waals surface area contributed by atoms with Gasteiger partial charge < -0.3 is 10.1 Å². The number of thioether (sulfide) groups is 1. The van der Waals surface area contributed by atoms with Crippen LogP contribution < -0.4 is 15.5 Å². The Kier molecular flexibility index (Phi) is 4.99. The van der Waals surface area contributed by atoms with Crippen LogP contribution in [0.2, 0.25) is 0 Å². The maximum Gasteiger partial charge on any atom is 0.344 e.